The molecule has 1 aromatic rings. The van der Waals surface area contributed by atoms with Crippen LogP contribution in [0.5, 0.6) is 5.75 Å². The normalized spacial score (nSPS) is 17.6. The zero-order valence-electron chi connectivity index (χ0n) is 27.2. The van der Waals surface area contributed by atoms with Crippen molar-refractivity contribution in [2.24, 2.45) is 11.8 Å². The minimum Gasteiger partial charge on any atom is -0.493 e. The fourth-order valence-corrected chi connectivity index (χ4v) is 8.85. The summed E-state index contributed by atoms with van der Waals surface area (Å²) in [7, 11) is -2.58. The van der Waals surface area contributed by atoms with Gasteiger partial charge in [0.1, 0.15) is 5.75 Å². The largest absolute Gasteiger partial charge is 0.500 e. The van der Waals surface area contributed by atoms with E-state index in [0.29, 0.717) is 25.7 Å². The zero-order chi connectivity index (χ0) is 30.5. The summed E-state index contributed by atoms with van der Waals surface area (Å²) in [5, 5.41) is 9.16. The molecule has 1 aliphatic carbocycles. The van der Waals surface area contributed by atoms with Gasteiger partial charge >= 0.3 is 14.8 Å². The van der Waals surface area contributed by atoms with Crippen LogP contribution in [0.2, 0.25) is 6.04 Å². The minimum absolute atomic E-state index is 0.609. The Hall–Kier alpha value is -1.67. The van der Waals surface area contributed by atoms with Crippen molar-refractivity contribution in [3.8, 4) is 5.75 Å². The van der Waals surface area contributed by atoms with E-state index in [1.807, 2.05) is 32.9 Å². The number of benzene rings is 1. The van der Waals surface area contributed by atoms with E-state index in [1.54, 1.807) is 6.08 Å². The maximum Gasteiger partial charge on any atom is 0.500 e. The van der Waals surface area contributed by atoms with Crippen molar-refractivity contribution >= 4 is 20.8 Å². The first-order valence-corrected chi connectivity index (χ1v) is 19.0. The lowest BCUT2D eigenvalue weighted by molar-refractivity contribution is -0.131. The van der Waals surface area contributed by atoms with Crippen molar-refractivity contribution in [1.82, 2.24) is 0 Å². The predicted octanol–water partition coefficient (Wildman–Crippen LogP) is 9.48. The van der Waals surface area contributed by atoms with Crippen molar-refractivity contribution in [2.75, 3.05) is 26.4 Å². The van der Waals surface area contributed by atoms with Crippen LogP contribution in [0.1, 0.15) is 129 Å². The zero-order valence-corrected chi connectivity index (χ0v) is 28.2. The summed E-state index contributed by atoms with van der Waals surface area (Å²) >= 11 is 0. The molecule has 0 atom stereocenters. The number of ether oxygens (including phenoxy) is 1. The van der Waals surface area contributed by atoms with Gasteiger partial charge in [0.15, 0.2) is 0 Å². The van der Waals surface area contributed by atoms with Gasteiger partial charge in [-0.05, 0) is 94.0 Å². The molecule has 0 unspecified atom stereocenters. The quantitative estimate of drug-likeness (QED) is 0.0720. The number of unbranched alkanes of at least 4 members (excludes halogenated alkanes) is 7. The lowest BCUT2D eigenvalue weighted by Gasteiger charge is -2.28. The molecule has 42 heavy (non-hydrogen) atoms. The van der Waals surface area contributed by atoms with Gasteiger partial charge < -0.3 is 23.1 Å². The van der Waals surface area contributed by atoms with E-state index in [2.05, 4.69) is 13.0 Å². The molecule has 0 saturated heterocycles. The third kappa shape index (κ3) is 14.7. The molecular formula is C35H60O6Si. The number of rotatable bonds is 24. The average Bonchev–Trinajstić information content (AvgIpc) is 2.98. The van der Waals surface area contributed by atoms with Crippen molar-refractivity contribution < 1.29 is 27.9 Å². The van der Waals surface area contributed by atoms with Gasteiger partial charge in [-0.15, -0.1) is 0 Å². The van der Waals surface area contributed by atoms with Crippen LogP contribution in [0.3, 0.4) is 0 Å². The minimum atomic E-state index is -2.58. The summed E-state index contributed by atoms with van der Waals surface area (Å²) in [4.78, 5) is 11.2. The lowest BCUT2D eigenvalue weighted by atomic mass is 9.80. The summed E-state index contributed by atoms with van der Waals surface area (Å²) in [5.74, 6) is 1.52. The maximum atomic E-state index is 11.2. The number of carboxylic acid groups (broad SMARTS) is 1. The third-order valence-corrected chi connectivity index (χ3v) is 11.6. The molecule has 1 aromatic carbocycles. The van der Waals surface area contributed by atoms with Crippen LogP contribution >= 0.6 is 0 Å². The van der Waals surface area contributed by atoms with E-state index in [0.717, 1.165) is 67.5 Å². The topological polar surface area (TPSA) is 74.2 Å². The molecule has 0 bridgehead atoms. The van der Waals surface area contributed by atoms with E-state index in [4.69, 9.17) is 23.1 Å². The first kappa shape index (κ1) is 36.5. The van der Waals surface area contributed by atoms with Crippen LogP contribution in [0, 0.1) is 11.8 Å². The van der Waals surface area contributed by atoms with E-state index in [9.17, 15) is 4.79 Å². The summed E-state index contributed by atoms with van der Waals surface area (Å²) in [6, 6.07) is 6.97. The van der Waals surface area contributed by atoms with Gasteiger partial charge in [0.05, 0.1) is 6.61 Å². The van der Waals surface area contributed by atoms with Crippen LogP contribution < -0.4 is 4.74 Å². The van der Waals surface area contributed by atoms with Gasteiger partial charge in [-0.1, -0.05) is 77.2 Å². The number of hydrogen-bond acceptors (Lipinski definition) is 5. The molecule has 1 aliphatic rings. The van der Waals surface area contributed by atoms with Crippen molar-refractivity contribution in [1.29, 1.82) is 0 Å². The van der Waals surface area contributed by atoms with Crippen LogP contribution in [-0.4, -0.2) is 46.3 Å². The van der Waals surface area contributed by atoms with Gasteiger partial charge in [-0.25, -0.2) is 4.79 Å². The van der Waals surface area contributed by atoms with Crippen LogP contribution in [0.4, 0.5) is 0 Å². The number of hydrogen-bond donors (Lipinski definition) is 1. The lowest BCUT2D eigenvalue weighted by Crippen LogP contribution is -2.45. The fourth-order valence-electron chi connectivity index (χ4n) is 6.16. The molecule has 0 radical (unpaired) electrons. The molecule has 0 spiro atoms. The van der Waals surface area contributed by atoms with Crippen LogP contribution in [-0.2, 0) is 24.5 Å². The van der Waals surface area contributed by atoms with Crippen molar-refractivity contribution in [3.63, 3.8) is 0 Å². The molecular weight excluding hydrogens is 544 g/mol. The standard InChI is InChI=1S/C35H60O6Si/c1-5-9-10-11-14-17-30-19-21-31(22-20-30)29-38-34-25-23-32(24-26-35(36)37)33(28-34)18-15-12-13-16-27-42(39-6-2,40-7-3)41-8-4/h23-26,28,30-31H,5-22,27,29H2,1-4H3,(H,36,37). The molecule has 1 saturated carbocycles. The summed E-state index contributed by atoms with van der Waals surface area (Å²) < 4.78 is 24.3. The molecule has 0 amide bonds. The fraction of sp³-hybridized carbons (Fsp3) is 0.743. The van der Waals surface area contributed by atoms with Gasteiger partial charge in [0, 0.05) is 31.9 Å². The molecule has 1 N–H and O–H groups in total. The highest BCUT2D eigenvalue weighted by Gasteiger charge is 2.39. The van der Waals surface area contributed by atoms with Crippen molar-refractivity contribution in [3.05, 3.63) is 35.4 Å². The molecule has 6 nitrogen and oxygen atoms in total. The molecule has 1 fully saturated rings. The maximum absolute atomic E-state index is 11.2. The number of aryl methyl sites for hydroxylation is 1. The second kappa shape index (κ2) is 21.9. The summed E-state index contributed by atoms with van der Waals surface area (Å²) in [6.45, 7) is 10.9. The predicted molar refractivity (Wildman–Crippen MR) is 175 cm³/mol. The highest BCUT2D eigenvalue weighted by molar-refractivity contribution is 6.60. The van der Waals surface area contributed by atoms with E-state index in [1.165, 1.54) is 70.3 Å². The monoisotopic (exact) mass is 604 g/mol. The van der Waals surface area contributed by atoms with Gasteiger partial charge in [0.25, 0.3) is 0 Å². The first-order valence-electron chi connectivity index (χ1n) is 17.0. The third-order valence-electron chi connectivity index (χ3n) is 8.46. The summed E-state index contributed by atoms with van der Waals surface area (Å²) in [5.41, 5.74) is 2.11. The smallest absolute Gasteiger partial charge is 0.493 e. The molecule has 0 aromatic heterocycles. The molecule has 7 heteroatoms. The first-order chi connectivity index (χ1) is 20.4. The molecule has 0 aliphatic heterocycles. The number of aliphatic carboxylic acids is 1. The van der Waals surface area contributed by atoms with Gasteiger partial charge in [-0.2, -0.15) is 0 Å². The molecule has 2 rings (SSSR count). The van der Waals surface area contributed by atoms with Gasteiger partial charge in [0.2, 0.25) is 0 Å². The van der Waals surface area contributed by atoms with Crippen LogP contribution in [0.25, 0.3) is 6.08 Å². The molecule has 0 heterocycles. The van der Waals surface area contributed by atoms with Gasteiger partial charge in [-0.3, -0.25) is 0 Å². The van der Waals surface area contributed by atoms with E-state index in [-0.39, 0.29) is 0 Å². The second-order valence-corrected chi connectivity index (χ2v) is 14.6. The average molecular weight is 605 g/mol. The number of carbonyl (C=O) groups is 1. The SMILES string of the molecule is CCCCCCCC1CCC(COc2ccc(C=CC(=O)O)c(CCCCCC[Si](OCC)(OCC)OCC)c2)CC1. The second-order valence-electron chi connectivity index (χ2n) is 11.8. The highest BCUT2D eigenvalue weighted by Crippen LogP contribution is 2.33. The molecule has 240 valence electrons. The Labute approximate surface area is 257 Å². The van der Waals surface area contributed by atoms with E-state index < -0.39 is 14.8 Å². The Balaban J connectivity index is 1.83. The van der Waals surface area contributed by atoms with E-state index >= 15 is 0 Å². The summed E-state index contributed by atoms with van der Waals surface area (Å²) in [6.07, 6.45) is 21.6. The van der Waals surface area contributed by atoms with Crippen molar-refractivity contribution in [2.45, 2.75) is 130 Å². The Kier molecular flexibility index (Phi) is 19.1. The highest BCUT2D eigenvalue weighted by atomic mass is 28.4. The Morgan fingerprint density at radius 3 is 2.10 bits per heavy atom. The van der Waals surface area contributed by atoms with Crippen LogP contribution in [0.15, 0.2) is 24.3 Å². The number of carboxylic acids is 1. The Morgan fingerprint density at radius 1 is 0.833 bits per heavy atom. The Bertz CT molecular complexity index is 863. The Morgan fingerprint density at radius 2 is 1.45 bits per heavy atom.